The van der Waals surface area contributed by atoms with Crippen molar-refractivity contribution in [2.75, 3.05) is 19.6 Å². The lowest BCUT2D eigenvalue weighted by atomic mass is 9.93. The van der Waals surface area contributed by atoms with Gasteiger partial charge in [-0.1, -0.05) is 6.92 Å². The molecule has 116 valence electrons. The largest absolute Gasteiger partial charge is 0.401 e. The van der Waals surface area contributed by atoms with E-state index in [-0.39, 0.29) is 18.5 Å². The van der Waals surface area contributed by atoms with Crippen LogP contribution in [0.5, 0.6) is 0 Å². The van der Waals surface area contributed by atoms with Gasteiger partial charge in [0.2, 0.25) is 0 Å². The summed E-state index contributed by atoms with van der Waals surface area (Å²) in [6.45, 7) is 5.28. The van der Waals surface area contributed by atoms with Crippen molar-refractivity contribution in [2.24, 2.45) is 5.92 Å². The highest BCUT2D eigenvalue weighted by Crippen LogP contribution is 2.40. The van der Waals surface area contributed by atoms with Gasteiger partial charge in [-0.2, -0.15) is 18.4 Å². The number of nitrogens with zero attached hydrogens (tertiary/aromatic N) is 2. The summed E-state index contributed by atoms with van der Waals surface area (Å²) in [6, 6.07) is 2.02. The molecule has 1 rings (SSSR count). The van der Waals surface area contributed by atoms with Crippen molar-refractivity contribution in [3.63, 3.8) is 0 Å². The smallest absolute Gasteiger partial charge is 0.298 e. The summed E-state index contributed by atoms with van der Waals surface area (Å²) >= 11 is 0. The molecule has 0 aromatic heterocycles. The molecule has 1 fully saturated rings. The molecule has 1 aliphatic carbocycles. The quantitative estimate of drug-likeness (QED) is 0.747. The second-order valence-corrected chi connectivity index (χ2v) is 5.90. The van der Waals surface area contributed by atoms with E-state index in [0.29, 0.717) is 6.54 Å². The molecule has 0 saturated heterocycles. The maximum atomic E-state index is 12.7. The molecule has 6 heteroatoms. The Kier molecular flexibility index (Phi) is 5.84. The highest BCUT2D eigenvalue weighted by atomic mass is 19.4. The van der Waals surface area contributed by atoms with Crippen molar-refractivity contribution in [2.45, 2.75) is 57.8 Å². The van der Waals surface area contributed by atoms with Crippen LogP contribution in [0.3, 0.4) is 0 Å². The van der Waals surface area contributed by atoms with Crippen molar-refractivity contribution >= 4 is 0 Å². The first-order chi connectivity index (χ1) is 9.24. The number of nitrogens with one attached hydrogen (secondary N) is 1. The van der Waals surface area contributed by atoms with Gasteiger partial charge in [0.1, 0.15) is 5.54 Å². The average molecular weight is 291 g/mol. The Balaban J connectivity index is 2.82. The second kappa shape index (κ2) is 6.77. The molecule has 1 saturated carbocycles. The minimum atomic E-state index is -4.24. The first-order valence-electron chi connectivity index (χ1n) is 7.21. The van der Waals surface area contributed by atoms with Crippen molar-refractivity contribution < 1.29 is 13.2 Å². The van der Waals surface area contributed by atoms with Crippen molar-refractivity contribution in [3.05, 3.63) is 0 Å². The van der Waals surface area contributed by atoms with E-state index in [9.17, 15) is 18.4 Å². The summed E-state index contributed by atoms with van der Waals surface area (Å²) < 4.78 is 38.0. The maximum Gasteiger partial charge on any atom is 0.401 e. The van der Waals surface area contributed by atoms with Gasteiger partial charge in [0.05, 0.1) is 12.6 Å². The fourth-order valence-electron chi connectivity index (χ4n) is 2.39. The minimum absolute atomic E-state index is 0.130. The zero-order valence-electron chi connectivity index (χ0n) is 12.4. The van der Waals surface area contributed by atoms with Crippen molar-refractivity contribution in [1.82, 2.24) is 10.2 Å². The zero-order chi connectivity index (χ0) is 15.4. The van der Waals surface area contributed by atoms with Crippen LogP contribution >= 0.6 is 0 Å². The number of hydrogen-bond donors (Lipinski definition) is 1. The van der Waals surface area contributed by atoms with Crippen LogP contribution < -0.4 is 5.32 Å². The van der Waals surface area contributed by atoms with Crippen LogP contribution in [-0.4, -0.2) is 42.3 Å². The SMILES string of the molecule is CCCNC(C#N)(CN(CC(F)(F)F)C(C)C)C1CC1. The average Bonchev–Trinajstić information content (AvgIpc) is 3.16. The van der Waals surface area contributed by atoms with Crippen LogP contribution in [0.25, 0.3) is 0 Å². The molecule has 1 unspecified atom stereocenters. The van der Waals surface area contributed by atoms with Gasteiger partial charge in [0.15, 0.2) is 0 Å². The van der Waals surface area contributed by atoms with Gasteiger partial charge >= 0.3 is 6.18 Å². The van der Waals surface area contributed by atoms with E-state index in [4.69, 9.17) is 0 Å². The number of hydrogen-bond acceptors (Lipinski definition) is 3. The van der Waals surface area contributed by atoms with E-state index in [1.54, 1.807) is 13.8 Å². The standard InChI is InChI=1S/C14H24F3N3/c1-4-7-19-13(8-18,12-5-6-12)9-20(11(2)3)10-14(15,16)17/h11-12,19H,4-7,9-10H2,1-3H3. The summed E-state index contributed by atoms with van der Waals surface area (Å²) in [6.07, 6.45) is -1.54. The molecule has 3 nitrogen and oxygen atoms in total. The van der Waals surface area contributed by atoms with Gasteiger partial charge in [-0.15, -0.1) is 0 Å². The predicted molar refractivity (Wildman–Crippen MR) is 72.1 cm³/mol. The van der Waals surface area contributed by atoms with Crippen LogP contribution in [0.15, 0.2) is 0 Å². The molecule has 0 bridgehead atoms. The van der Waals surface area contributed by atoms with Crippen LogP contribution in [-0.2, 0) is 0 Å². The summed E-state index contributed by atoms with van der Waals surface area (Å²) in [5.41, 5.74) is -0.842. The molecular formula is C14H24F3N3. The van der Waals surface area contributed by atoms with E-state index in [1.807, 2.05) is 6.92 Å². The molecule has 0 radical (unpaired) electrons. The van der Waals surface area contributed by atoms with Gasteiger partial charge in [0, 0.05) is 12.6 Å². The number of nitriles is 1. The van der Waals surface area contributed by atoms with Gasteiger partial charge in [-0.3, -0.25) is 10.2 Å². The number of alkyl halides is 3. The Morgan fingerprint density at radius 2 is 1.90 bits per heavy atom. The van der Waals surface area contributed by atoms with Crippen LogP contribution in [0.2, 0.25) is 0 Å². The van der Waals surface area contributed by atoms with Crippen molar-refractivity contribution in [3.8, 4) is 6.07 Å². The lowest BCUT2D eigenvalue weighted by Gasteiger charge is -2.37. The molecule has 0 amide bonds. The first-order valence-corrected chi connectivity index (χ1v) is 7.21. The molecule has 0 heterocycles. The fraction of sp³-hybridized carbons (Fsp3) is 0.929. The molecular weight excluding hydrogens is 267 g/mol. The topological polar surface area (TPSA) is 39.1 Å². The fourth-order valence-corrected chi connectivity index (χ4v) is 2.39. The van der Waals surface area contributed by atoms with Gasteiger partial charge in [0.25, 0.3) is 0 Å². The van der Waals surface area contributed by atoms with E-state index < -0.39 is 18.3 Å². The Bertz CT molecular complexity index is 345. The lowest BCUT2D eigenvalue weighted by molar-refractivity contribution is -0.151. The van der Waals surface area contributed by atoms with Crippen LogP contribution in [0.1, 0.15) is 40.0 Å². The van der Waals surface area contributed by atoms with Gasteiger partial charge in [-0.25, -0.2) is 0 Å². The van der Waals surface area contributed by atoms with E-state index in [0.717, 1.165) is 19.3 Å². The molecule has 1 aliphatic rings. The van der Waals surface area contributed by atoms with Crippen LogP contribution in [0.4, 0.5) is 13.2 Å². The Hall–Kier alpha value is -0.800. The Labute approximate surface area is 119 Å². The first kappa shape index (κ1) is 17.3. The zero-order valence-corrected chi connectivity index (χ0v) is 12.4. The third kappa shape index (κ3) is 4.95. The highest BCUT2D eigenvalue weighted by molar-refractivity contribution is 5.17. The van der Waals surface area contributed by atoms with Crippen LogP contribution in [0, 0.1) is 17.2 Å². The summed E-state index contributed by atoms with van der Waals surface area (Å²) in [5, 5.41) is 12.7. The second-order valence-electron chi connectivity index (χ2n) is 5.90. The molecule has 1 atom stereocenters. The minimum Gasteiger partial charge on any atom is -0.298 e. The molecule has 20 heavy (non-hydrogen) atoms. The normalized spacial score (nSPS) is 19.1. The Morgan fingerprint density at radius 3 is 2.25 bits per heavy atom. The monoisotopic (exact) mass is 291 g/mol. The summed E-state index contributed by atoms with van der Waals surface area (Å²) in [5.74, 6) is 0.175. The van der Waals surface area contributed by atoms with Crippen molar-refractivity contribution in [1.29, 1.82) is 5.26 Å². The lowest BCUT2D eigenvalue weighted by Crippen LogP contribution is -2.57. The van der Waals surface area contributed by atoms with E-state index >= 15 is 0 Å². The summed E-state index contributed by atoms with van der Waals surface area (Å²) in [7, 11) is 0. The molecule has 0 aliphatic heterocycles. The third-order valence-corrected chi connectivity index (χ3v) is 3.73. The van der Waals surface area contributed by atoms with E-state index in [1.165, 1.54) is 4.90 Å². The highest BCUT2D eigenvalue weighted by Gasteiger charge is 2.47. The predicted octanol–water partition coefficient (Wildman–Crippen LogP) is 2.93. The van der Waals surface area contributed by atoms with Gasteiger partial charge < -0.3 is 0 Å². The van der Waals surface area contributed by atoms with E-state index in [2.05, 4.69) is 11.4 Å². The maximum absolute atomic E-state index is 12.7. The Morgan fingerprint density at radius 1 is 1.30 bits per heavy atom. The molecule has 1 N–H and O–H groups in total. The molecule has 0 aromatic rings. The number of halogens is 3. The summed E-state index contributed by atoms with van der Waals surface area (Å²) in [4.78, 5) is 1.35. The van der Waals surface area contributed by atoms with Gasteiger partial charge in [-0.05, 0) is 45.6 Å². The third-order valence-electron chi connectivity index (χ3n) is 3.73. The molecule has 0 aromatic carbocycles. The number of rotatable bonds is 8. The molecule has 0 spiro atoms.